The second kappa shape index (κ2) is 11.5. The van der Waals surface area contributed by atoms with E-state index in [4.69, 9.17) is 14.0 Å². The van der Waals surface area contributed by atoms with Gasteiger partial charge in [-0.1, -0.05) is 19.0 Å². The first-order valence-corrected chi connectivity index (χ1v) is 10.2. The predicted octanol–water partition coefficient (Wildman–Crippen LogP) is 3.53. The van der Waals surface area contributed by atoms with Crippen LogP contribution in [0.25, 0.3) is 11.3 Å². The van der Waals surface area contributed by atoms with Crippen molar-refractivity contribution in [1.82, 2.24) is 15.4 Å². The molecule has 7 nitrogen and oxygen atoms in total. The van der Waals surface area contributed by atoms with Gasteiger partial charge in [0.2, 0.25) is 5.91 Å². The fraction of sp³-hybridized carbons (Fsp3) is 0.545. The summed E-state index contributed by atoms with van der Waals surface area (Å²) in [6.07, 6.45) is 2.21. The largest absolute Gasteiger partial charge is 0.493 e. The Morgan fingerprint density at radius 2 is 1.90 bits per heavy atom. The van der Waals surface area contributed by atoms with Gasteiger partial charge in [0.15, 0.2) is 17.3 Å². The van der Waals surface area contributed by atoms with E-state index in [1.165, 1.54) is 0 Å². The van der Waals surface area contributed by atoms with E-state index in [1.807, 2.05) is 25.1 Å². The first-order valence-electron chi connectivity index (χ1n) is 10.2. The van der Waals surface area contributed by atoms with Gasteiger partial charge in [-0.05, 0) is 57.6 Å². The van der Waals surface area contributed by atoms with Crippen molar-refractivity contribution in [2.24, 2.45) is 0 Å². The van der Waals surface area contributed by atoms with Crippen LogP contribution in [0.1, 0.15) is 39.3 Å². The molecule has 1 N–H and O–H groups in total. The van der Waals surface area contributed by atoms with Crippen LogP contribution in [0.15, 0.2) is 28.8 Å². The summed E-state index contributed by atoms with van der Waals surface area (Å²) >= 11 is 0. The zero-order valence-corrected chi connectivity index (χ0v) is 18.2. The highest BCUT2D eigenvalue weighted by molar-refractivity contribution is 5.78. The zero-order chi connectivity index (χ0) is 21.2. The van der Waals surface area contributed by atoms with Crippen LogP contribution >= 0.6 is 0 Å². The number of hydrogen-bond donors (Lipinski definition) is 1. The third-order valence-electron chi connectivity index (χ3n) is 4.98. The highest BCUT2D eigenvalue weighted by Crippen LogP contribution is 2.32. The fourth-order valence-corrected chi connectivity index (χ4v) is 3.24. The smallest absolute Gasteiger partial charge is 0.226 e. The van der Waals surface area contributed by atoms with Crippen molar-refractivity contribution in [1.29, 1.82) is 0 Å². The second-order valence-corrected chi connectivity index (χ2v) is 7.07. The molecule has 29 heavy (non-hydrogen) atoms. The van der Waals surface area contributed by atoms with Gasteiger partial charge in [-0.15, -0.1) is 0 Å². The van der Waals surface area contributed by atoms with Gasteiger partial charge in [0.25, 0.3) is 0 Å². The maximum absolute atomic E-state index is 12.3. The Bertz CT molecular complexity index is 771. The summed E-state index contributed by atoms with van der Waals surface area (Å²) in [7, 11) is 3.17. The summed E-state index contributed by atoms with van der Waals surface area (Å²) in [6.45, 7) is 9.56. The maximum atomic E-state index is 12.3. The molecule has 0 saturated carbocycles. The molecule has 1 amide bonds. The third kappa shape index (κ3) is 6.78. The molecule has 0 spiro atoms. The van der Waals surface area contributed by atoms with Crippen molar-refractivity contribution < 1.29 is 18.8 Å². The number of ether oxygens (including phenoxy) is 2. The summed E-state index contributed by atoms with van der Waals surface area (Å²) in [5.41, 5.74) is 1.41. The van der Waals surface area contributed by atoms with Crippen LogP contribution in [0.3, 0.4) is 0 Å². The second-order valence-electron chi connectivity index (χ2n) is 7.07. The van der Waals surface area contributed by atoms with Gasteiger partial charge in [-0.2, -0.15) is 0 Å². The Morgan fingerprint density at radius 3 is 2.55 bits per heavy atom. The Labute approximate surface area is 173 Å². The Morgan fingerprint density at radius 1 is 1.17 bits per heavy atom. The fourth-order valence-electron chi connectivity index (χ4n) is 3.24. The molecule has 1 aromatic heterocycles. The number of aromatic nitrogens is 1. The van der Waals surface area contributed by atoms with E-state index in [9.17, 15) is 4.79 Å². The molecular formula is C22H33N3O4. The summed E-state index contributed by atoms with van der Waals surface area (Å²) in [5.74, 6) is 1.79. The van der Waals surface area contributed by atoms with E-state index >= 15 is 0 Å². The molecule has 0 fully saturated rings. The van der Waals surface area contributed by atoms with Crippen LogP contribution in [0, 0.1) is 0 Å². The van der Waals surface area contributed by atoms with Crippen LogP contribution in [0.4, 0.5) is 0 Å². The monoisotopic (exact) mass is 403 g/mol. The standard InChI is InChI=1S/C22H33N3O4/c1-6-25(7-2)12-8-9-16(3)23-22(26)15-18-14-20(29-24-18)17-10-11-19(27-4)21(13-17)28-5/h10-11,13-14,16H,6-9,12,15H2,1-5H3,(H,23,26). The first kappa shape index (κ1) is 22.7. The van der Waals surface area contributed by atoms with Crippen LogP contribution in [0.2, 0.25) is 0 Å². The number of hydrogen-bond acceptors (Lipinski definition) is 6. The average Bonchev–Trinajstić information content (AvgIpc) is 3.18. The van der Waals surface area contributed by atoms with Gasteiger partial charge in [0, 0.05) is 17.7 Å². The van der Waals surface area contributed by atoms with Crippen molar-refractivity contribution in [3.8, 4) is 22.8 Å². The van der Waals surface area contributed by atoms with E-state index in [1.54, 1.807) is 20.3 Å². The average molecular weight is 404 g/mol. The molecule has 0 saturated heterocycles. The van der Waals surface area contributed by atoms with E-state index in [0.717, 1.165) is 38.0 Å². The topological polar surface area (TPSA) is 76.8 Å². The first-order chi connectivity index (χ1) is 14.0. The number of methoxy groups -OCH3 is 2. The number of amides is 1. The molecule has 1 aromatic carbocycles. The number of carbonyl (C=O) groups is 1. The van der Waals surface area contributed by atoms with Crippen LogP contribution < -0.4 is 14.8 Å². The number of carbonyl (C=O) groups excluding carboxylic acids is 1. The molecule has 1 unspecified atom stereocenters. The number of rotatable bonds is 12. The van der Waals surface area contributed by atoms with Crippen molar-refractivity contribution in [2.75, 3.05) is 33.9 Å². The molecule has 1 atom stereocenters. The summed E-state index contributed by atoms with van der Waals surface area (Å²) < 4.78 is 16.0. The number of benzene rings is 1. The van der Waals surface area contributed by atoms with Gasteiger partial charge in [-0.3, -0.25) is 4.79 Å². The minimum atomic E-state index is -0.0486. The quantitative estimate of drug-likeness (QED) is 0.584. The predicted molar refractivity (Wildman–Crippen MR) is 113 cm³/mol. The Hall–Kier alpha value is -2.54. The molecule has 1 heterocycles. The zero-order valence-electron chi connectivity index (χ0n) is 18.2. The molecule has 0 aliphatic carbocycles. The maximum Gasteiger partial charge on any atom is 0.226 e. The van der Waals surface area contributed by atoms with E-state index in [-0.39, 0.29) is 18.4 Å². The van der Waals surface area contributed by atoms with E-state index in [2.05, 4.69) is 29.2 Å². The van der Waals surface area contributed by atoms with Crippen LogP contribution in [0.5, 0.6) is 11.5 Å². The molecule has 2 aromatic rings. The Kier molecular flexibility index (Phi) is 8.99. The lowest BCUT2D eigenvalue weighted by atomic mass is 10.1. The van der Waals surface area contributed by atoms with Crippen molar-refractivity contribution in [3.63, 3.8) is 0 Å². The third-order valence-corrected chi connectivity index (χ3v) is 4.98. The molecule has 0 aliphatic heterocycles. The lowest BCUT2D eigenvalue weighted by Gasteiger charge is -2.19. The van der Waals surface area contributed by atoms with Crippen molar-refractivity contribution in [2.45, 2.75) is 46.1 Å². The highest BCUT2D eigenvalue weighted by Gasteiger charge is 2.14. The minimum Gasteiger partial charge on any atom is -0.493 e. The van der Waals surface area contributed by atoms with Gasteiger partial charge >= 0.3 is 0 Å². The van der Waals surface area contributed by atoms with Crippen LogP contribution in [-0.4, -0.2) is 55.9 Å². The van der Waals surface area contributed by atoms with Gasteiger partial charge in [0.05, 0.1) is 26.3 Å². The molecule has 2 rings (SSSR count). The van der Waals surface area contributed by atoms with Crippen molar-refractivity contribution >= 4 is 5.91 Å². The molecule has 0 bridgehead atoms. The number of nitrogens with zero attached hydrogens (tertiary/aromatic N) is 2. The van der Waals surface area contributed by atoms with Gasteiger partial charge in [0.1, 0.15) is 0 Å². The highest BCUT2D eigenvalue weighted by atomic mass is 16.5. The normalized spacial score (nSPS) is 12.1. The van der Waals surface area contributed by atoms with Crippen LogP contribution in [-0.2, 0) is 11.2 Å². The van der Waals surface area contributed by atoms with Crippen molar-refractivity contribution in [3.05, 3.63) is 30.0 Å². The molecule has 0 radical (unpaired) electrons. The van der Waals surface area contributed by atoms with Gasteiger partial charge < -0.3 is 24.2 Å². The molecule has 0 aliphatic rings. The number of nitrogens with one attached hydrogen (secondary N) is 1. The summed E-state index contributed by atoms with van der Waals surface area (Å²) in [4.78, 5) is 14.7. The Balaban J connectivity index is 1.87. The minimum absolute atomic E-state index is 0.0486. The summed E-state index contributed by atoms with van der Waals surface area (Å²) in [6, 6.07) is 7.41. The molecule has 160 valence electrons. The lowest BCUT2D eigenvalue weighted by molar-refractivity contribution is -0.121. The SMILES string of the molecule is CCN(CC)CCCC(C)NC(=O)Cc1cc(-c2ccc(OC)c(OC)c2)on1. The summed E-state index contributed by atoms with van der Waals surface area (Å²) in [5, 5.41) is 7.08. The van der Waals surface area contributed by atoms with E-state index < -0.39 is 0 Å². The van der Waals surface area contributed by atoms with E-state index in [0.29, 0.717) is 23.0 Å². The van der Waals surface area contributed by atoms with Gasteiger partial charge in [-0.25, -0.2) is 0 Å². The molecule has 7 heteroatoms. The molecular weight excluding hydrogens is 370 g/mol. The lowest BCUT2D eigenvalue weighted by Crippen LogP contribution is -2.34.